The molecule has 0 heterocycles. The van der Waals surface area contributed by atoms with Crippen molar-refractivity contribution in [2.75, 3.05) is 6.54 Å². The molecular weight excluding hydrogens is 458 g/mol. The van der Waals surface area contributed by atoms with Crippen molar-refractivity contribution in [3.8, 4) is 5.75 Å². The van der Waals surface area contributed by atoms with Crippen LogP contribution in [0.4, 0.5) is 4.79 Å². The van der Waals surface area contributed by atoms with Gasteiger partial charge in [0, 0.05) is 18.2 Å². The van der Waals surface area contributed by atoms with Gasteiger partial charge in [-0.2, -0.15) is 0 Å². The summed E-state index contributed by atoms with van der Waals surface area (Å²) in [5.41, 5.74) is -0.369. The fraction of sp³-hybridized carbons (Fsp3) is 0.679. The molecule has 4 unspecified atom stereocenters. The molecule has 0 spiro atoms. The molecule has 0 bridgehead atoms. The van der Waals surface area contributed by atoms with Crippen molar-refractivity contribution in [1.82, 2.24) is 15.5 Å². The summed E-state index contributed by atoms with van der Waals surface area (Å²) in [6, 6.07) is 4.56. The molecule has 3 amide bonds. The average Bonchev–Trinajstić information content (AvgIpc) is 2.79. The highest BCUT2D eigenvalue weighted by Gasteiger charge is 2.39. The zero-order chi connectivity index (χ0) is 27.5. The molecule has 3 N–H and O–H groups in total. The molecule has 0 aliphatic rings. The van der Waals surface area contributed by atoms with Gasteiger partial charge in [-0.1, -0.05) is 65.2 Å². The number of phenolic OH excluding ortho intramolecular Hbond substituents is 1. The molecule has 1 rings (SSSR count). The summed E-state index contributed by atoms with van der Waals surface area (Å²) in [6.07, 6.45) is 3.10. The Morgan fingerprint density at radius 2 is 1.67 bits per heavy atom. The average molecular weight is 506 g/mol. The van der Waals surface area contributed by atoms with E-state index in [1.807, 2.05) is 34.6 Å². The number of ether oxygens (including phenoxy) is 1. The Kier molecular flexibility index (Phi) is 12.8. The van der Waals surface area contributed by atoms with Gasteiger partial charge in [0.25, 0.3) is 0 Å². The predicted octanol–water partition coefficient (Wildman–Crippen LogP) is 5.31. The maximum absolute atomic E-state index is 14.1. The maximum atomic E-state index is 14.1. The molecule has 0 aromatic heterocycles. The number of hydrogen-bond acceptors (Lipinski definition) is 5. The number of hydrogen-bond donors (Lipinski definition) is 3. The van der Waals surface area contributed by atoms with Crippen LogP contribution in [0.5, 0.6) is 5.75 Å². The molecule has 4 atom stereocenters. The van der Waals surface area contributed by atoms with E-state index in [1.165, 1.54) is 11.0 Å². The summed E-state index contributed by atoms with van der Waals surface area (Å²) < 4.78 is 5.43. The van der Waals surface area contributed by atoms with Gasteiger partial charge in [-0.3, -0.25) is 9.59 Å². The van der Waals surface area contributed by atoms with E-state index < -0.39 is 23.8 Å². The Balaban J connectivity index is 3.51. The van der Waals surface area contributed by atoms with Gasteiger partial charge >= 0.3 is 6.09 Å². The van der Waals surface area contributed by atoms with Gasteiger partial charge in [0.1, 0.15) is 23.4 Å². The fourth-order valence-electron chi connectivity index (χ4n) is 3.99. The molecule has 0 aliphatic heterocycles. The monoisotopic (exact) mass is 505 g/mol. The second-order valence-electron chi connectivity index (χ2n) is 10.6. The molecule has 204 valence electrons. The number of rotatable bonds is 13. The van der Waals surface area contributed by atoms with Gasteiger partial charge in [-0.15, -0.1) is 0 Å². The molecule has 1 aromatic rings. The van der Waals surface area contributed by atoms with E-state index in [0.717, 1.165) is 19.3 Å². The van der Waals surface area contributed by atoms with E-state index >= 15 is 0 Å². The van der Waals surface area contributed by atoms with Crippen LogP contribution in [0, 0.1) is 5.92 Å². The van der Waals surface area contributed by atoms with Crippen molar-refractivity contribution in [2.45, 2.75) is 111 Å². The predicted molar refractivity (Wildman–Crippen MR) is 143 cm³/mol. The normalized spacial score (nSPS) is 14.8. The van der Waals surface area contributed by atoms with E-state index in [0.29, 0.717) is 24.9 Å². The zero-order valence-electron chi connectivity index (χ0n) is 23.4. The van der Waals surface area contributed by atoms with Crippen LogP contribution in [-0.2, 0) is 14.3 Å². The number of phenols is 1. The third-order valence-corrected chi connectivity index (χ3v) is 6.09. The molecule has 0 radical (unpaired) electrons. The Morgan fingerprint density at radius 1 is 1.03 bits per heavy atom. The first-order chi connectivity index (χ1) is 16.9. The number of aromatic hydroxyl groups is 1. The highest BCUT2D eigenvalue weighted by atomic mass is 16.6. The van der Waals surface area contributed by atoms with Gasteiger partial charge in [0.05, 0.1) is 0 Å². The summed E-state index contributed by atoms with van der Waals surface area (Å²) in [5.74, 6) is -1.01. The quantitative estimate of drug-likeness (QED) is 0.337. The Bertz CT molecular complexity index is 852. The van der Waals surface area contributed by atoms with E-state index in [9.17, 15) is 19.5 Å². The number of nitrogens with zero attached hydrogens (tertiary/aromatic N) is 1. The molecule has 36 heavy (non-hydrogen) atoms. The number of unbranched alkanes of at least 4 members (excludes halogenated alkanes) is 1. The van der Waals surface area contributed by atoms with Crippen molar-refractivity contribution < 1.29 is 24.2 Å². The molecule has 1 aromatic carbocycles. The smallest absolute Gasteiger partial charge is 0.408 e. The fourth-order valence-corrected chi connectivity index (χ4v) is 3.99. The van der Waals surface area contributed by atoms with Crippen LogP contribution in [0.25, 0.3) is 0 Å². The number of carbonyl (C=O) groups excluding carboxylic acids is 3. The third kappa shape index (κ3) is 9.70. The number of benzene rings is 1. The zero-order valence-corrected chi connectivity index (χ0v) is 23.4. The number of amides is 3. The molecule has 0 saturated heterocycles. The number of para-hydroxylation sites is 1. The van der Waals surface area contributed by atoms with Crippen LogP contribution < -0.4 is 10.6 Å². The van der Waals surface area contributed by atoms with E-state index in [4.69, 9.17) is 4.74 Å². The first-order valence-electron chi connectivity index (χ1n) is 13.2. The van der Waals surface area contributed by atoms with Gasteiger partial charge in [-0.05, 0) is 52.5 Å². The minimum atomic E-state index is -1.04. The van der Waals surface area contributed by atoms with Crippen LogP contribution in [0.2, 0.25) is 0 Å². The van der Waals surface area contributed by atoms with Crippen molar-refractivity contribution in [2.24, 2.45) is 5.92 Å². The Labute approximate surface area is 217 Å². The number of alkyl carbamates (subject to hydrolysis) is 1. The molecular formula is C28H47N3O5. The summed E-state index contributed by atoms with van der Waals surface area (Å²) in [4.78, 5) is 41.9. The Morgan fingerprint density at radius 3 is 2.19 bits per heavy atom. The second kappa shape index (κ2) is 14.7. The highest BCUT2D eigenvalue weighted by Crippen LogP contribution is 2.31. The Hall–Kier alpha value is -2.77. The summed E-state index contributed by atoms with van der Waals surface area (Å²) in [5, 5.41) is 16.5. The van der Waals surface area contributed by atoms with Crippen LogP contribution in [-0.4, -0.2) is 52.1 Å². The molecule has 0 saturated carbocycles. The van der Waals surface area contributed by atoms with Crippen LogP contribution in [0.3, 0.4) is 0 Å². The lowest BCUT2D eigenvalue weighted by Crippen LogP contribution is -2.55. The lowest BCUT2D eigenvalue weighted by molar-refractivity contribution is -0.143. The highest BCUT2D eigenvalue weighted by molar-refractivity contribution is 5.92. The van der Waals surface area contributed by atoms with E-state index in [-0.39, 0.29) is 29.5 Å². The SMILES string of the molecule is CCCCN(C(=O)C(NC(=O)OC(C)(C)C)C(C)CC)C(C(=O)NC(C)CCC)c1ccccc1O. The standard InChI is InChI=1S/C28H47N3O5/c1-9-12-18-31(26(34)23(19(4)11-3)30-27(35)36-28(6,7)8)24(21-16-13-14-17-22(21)32)25(33)29-20(5)15-10-2/h13-14,16-17,19-20,23-24,32H,9-12,15,18H2,1-8H3,(H,29,33)(H,30,35). The largest absolute Gasteiger partial charge is 0.508 e. The van der Waals surface area contributed by atoms with Crippen molar-refractivity contribution in [3.05, 3.63) is 29.8 Å². The lowest BCUT2D eigenvalue weighted by atomic mass is 9.95. The molecule has 8 nitrogen and oxygen atoms in total. The van der Waals surface area contributed by atoms with Crippen LogP contribution in [0.15, 0.2) is 24.3 Å². The van der Waals surface area contributed by atoms with Crippen LogP contribution >= 0.6 is 0 Å². The molecule has 8 heteroatoms. The van der Waals surface area contributed by atoms with Crippen LogP contribution in [0.1, 0.15) is 99.1 Å². The van der Waals surface area contributed by atoms with Gasteiger partial charge < -0.3 is 25.4 Å². The van der Waals surface area contributed by atoms with E-state index in [1.54, 1.807) is 39.0 Å². The number of carbonyl (C=O) groups is 3. The van der Waals surface area contributed by atoms with Gasteiger partial charge in [0.2, 0.25) is 11.8 Å². The topological polar surface area (TPSA) is 108 Å². The minimum absolute atomic E-state index is 0.0599. The number of nitrogens with one attached hydrogen (secondary N) is 2. The van der Waals surface area contributed by atoms with Crippen molar-refractivity contribution >= 4 is 17.9 Å². The van der Waals surface area contributed by atoms with Crippen molar-refractivity contribution in [3.63, 3.8) is 0 Å². The van der Waals surface area contributed by atoms with Gasteiger partial charge in [-0.25, -0.2) is 4.79 Å². The first-order valence-corrected chi connectivity index (χ1v) is 13.2. The lowest BCUT2D eigenvalue weighted by Gasteiger charge is -2.36. The summed E-state index contributed by atoms with van der Waals surface area (Å²) >= 11 is 0. The summed E-state index contributed by atoms with van der Waals surface area (Å²) in [7, 11) is 0. The summed E-state index contributed by atoms with van der Waals surface area (Å²) in [6.45, 7) is 15.4. The second-order valence-corrected chi connectivity index (χ2v) is 10.6. The van der Waals surface area contributed by atoms with Crippen molar-refractivity contribution in [1.29, 1.82) is 0 Å². The molecule has 0 aliphatic carbocycles. The van der Waals surface area contributed by atoms with Gasteiger partial charge in [0.15, 0.2) is 0 Å². The third-order valence-electron chi connectivity index (χ3n) is 6.09. The molecule has 0 fully saturated rings. The minimum Gasteiger partial charge on any atom is -0.508 e. The first kappa shape index (κ1) is 31.3. The maximum Gasteiger partial charge on any atom is 0.408 e. The van der Waals surface area contributed by atoms with E-state index in [2.05, 4.69) is 10.6 Å².